The lowest BCUT2D eigenvalue weighted by atomic mass is 10.3. The lowest BCUT2D eigenvalue weighted by Crippen LogP contribution is -2.32. The highest BCUT2D eigenvalue weighted by Gasteiger charge is 2.13. The monoisotopic (exact) mass is 300 g/mol. The van der Waals surface area contributed by atoms with Crippen LogP contribution in [-0.2, 0) is 6.42 Å². The molecule has 0 unspecified atom stereocenters. The quantitative estimate of drug-likeness (QED) is 0.761. The summed E-state index contributed by atoms with van der Waals surface area (Å²) in [7, 11) is 0. The summed E-state index contributed by atoms with van der Waals surface area (Å²) in [5.74, 6) is -0.474. The number of hydrogen-bond acceptors (Lipinski definition) is 5. The number of nitrogens with zero attached hydrogens (tertiary/aromatic N) is 2. The van der Waals surface area contributed by atoms with E-state index in [-0.39, 0.29) is 5.69 Å². The van der Waals surface area contributed by atoms with Crippen LogP contribution in [0.2, 0.25) is 0 Å². The van der Waals surface area contributed by atoms with Gasteiger partial charge in [-0.05, 0) is 12.1 Å². The van der Waals surface area contributed by atoms with Gasteiger partial charge in [0, 0.05) is 24.5 Å². The van der Waals surface area contributed by atoms with Crippen LogP contribution in [0.25, 0.3) is 11.0 Å². The molecule has 21 heavy (non-hydrogen) atoms. The van der Waals surface area contributed by atoms with Gasteiger partial charge in [0.25, 0.3) is 11.5 Å². The number of fused-ring (bicyclic) bond motifs is 1. The minimum atomic E-state index is -0.486. The van der Waals surface area contributed by atoms with Gasteiger partial charge in [0.15, 0.2) is 5.69 Å². The zero-order chi connectivity index (χ0) is 14.7. The molecule has 0 saturated heterocycles. The Kier molecular flexibility index (Phi) is 3.74. The second-order valence-electron chi connectivity index (χ2n) is 4.36. The highest BCUT2D eigenvalue weighted by molar-refractivity contribution is 7.09. The van der Waals surface area contributed by atoms with Gasteiger partial charge >= 0.3 is 0 Å². The average Bonchev–Trinajstić information content (AvgIpc) is 2.99. The molecule has 0 atom stereocenters. The molecule has 0 aliphatic rings. The van der Waals surface area contributed by atoms with E-state index in [1.807, 2.05) is 5.38 Å². The smallest absolute Gasteiger partial charge is 0.280 e. The predicted octanol–water partition coefficient (Wildman–Crippen LogP) is 1.35. The largest absolute Gasteiger partial charge is 0.350 e. The van der Waals surface area contributed by atoms with Gasteiger partial charge in [-0.1, -0.05) is 12.1 Å². The lowest BCUT2D eigenvalue weighted by molar-refractivity contribution is 0.0948. The molecule has 2 aromatic heterocycles. The van der Waals surface area contributed by atoms with Gasteiger partial charge in [-0.25, -0.2) is 9.97 Å². The molecule has 0 fully saturated rings. The minimum Gasteiger partial charge on any atom is -0.350 e. The topological polar surface area (TPSA) is 87.7 Å². The van der Waals surface area contributed by atoms with Crippen molar-refractivity contribution in [2.45, 2.75) is 6.42 Å². The number of hydrogen-bond donors (Lipinski definition) is 2. The molecule has 106 valence electrons. The van der Waals surface area contributed by atoms with Gasteiger partial charge < -0.3 is 10.3 Å². The number of benzene rings is 1. The van der Waals surface area contributed by atoms with Gasteiger partial charge in [-0.2, -0.15) is 0 Å². The molecule has 2 heterocycles. The van der Waals surface area contributed by atoms with Crippen LogP contribution in [0.15, 0.2) is 40.6 Å². The van der Waals surface area contributed by atoms with Crippen molar-refractivity contribution in [3.8, 4) is 0 Å². The summed E-state index contributed by atoms with van der Waals surface area (Å²) in [6.07, 6.45) is 2.35. The first-order valence-corrected chi connectivity index (χ1v) is 7.27. The van der Waals surface area contributed by atoms with Crippen molar-refractivity contribution in [3.63, 3.8) is 0 Å². The third-order valence-electron chi connectivity index (χ3n) is 2.92. The van der Waals surface area contributed by atoms with Gasteiger partial charge in [-0.15, -0.1) is 11.3 Å². The Bertz CT molecular complexity index is 826. The molecule has 2 N–H and O–H groups in total. The summed E-state index contributed by atoms with van der Waals surface area (Å²) in [5, 5.41) is 5.51. The summed E-state index contributed by atoms with van der Waals surface area (Å²) in [6.45, 7) is 0.417. The van der Waals surface area contributed by atoms with Gasteiger partial charge in [0.2, 0.25) is 0 Å². The fourth-order valence-corrected chi connectivity index (χ4v) is 2.55. The number of carbonyl (C=O) groups excluding carboxylic acids is 1. The summed E-state index contributed by atoms with van der Waals surface area (Å²) < 4.78 is 0. The summed E-state index contributed by atoms with van der Waals surface area (Å²) in [4.78, 5) is 34.8. The lowest BCUT2D eigenvalue weighted by Gasteiger charge is -2.04. The third-order valence-corrected chi connectivity index (χ3v) is 3.76. The van der Waals surface area contributed by atoms with E-state index >= 15 is 0 Å². The van der Waals surface area contributed by atoms with Gasteiger partial charge in [-0.3, -0.25) is 9.59 Å². The van der Waals surface area contributed by atoms with E-state index in [1.54, 1.807) is 30.5 Å². The normalized spacial score (nSPS) is 10.7. The maximum Gasteiger partial charge on any atom is 0.280 e. The number of para-hydroxylation sites is 2. The number of aromatic nitrogens is 3. The number of aromatic amines is 1. The maximum atomic E-state index is 12.0. The maximum absolute atomic E-state index is 12.0. The van der Waals surface area contributed by atoms with E-state index in [0.717, 1.165) is 5.01 Å². The molecule has 0 spiro atoms. The zero-order valence-corrected chi connectivity index (χ0v) is 11.8. The van der Waals surface area contributed by atoms with Crippen molar-refractivity contribution >= 4 is 28.3 Å². The first-order chi connectivity index (χ1) is 10.2. The van der Waals surface area contributed by atoms with E-state index in [9.17, 15) is 9.59 Å². The Hall–Kier alpha value is -2.54. The Balaban J connectivity index is 1.75. The highest BCUT2D eigenvalue weighted by Crippen LogP contribution is 2.06. The van der Waals surface area contributed by atoms with Crippen LogP contribution < -0.4 is 10.9 Å². The molecular weight excluding hydrogens is 288 g/mol. The van der Waals surface area contributed by atoms with Gasteiger partial charge in [0.1, 0.15) is 0 Å². The van der Waals surface area contributed by atoms with Crippen molar-refractivity contribution in [1.29, 1.82) is 0 Å². The van der Waals surface area contributed by atoms with Crippen LogP contribution in [0.3, 0.4) is 0 Å². The molecule has 0 bridgehead atoms. The predicted molar refractivity (Wildman–Crippen MR) is 80.5 cm³/mol. The molecule has 0 radical (unpaired) electrons. The molecule has 0 aliphatic carbocycles. The molecule has 0 saturated carbocycles. The molecule has 0 aliphatic heterocycles. The standard InChI is InChI=1S/C14H12N4O2S/c19-13(16-6-5-11-15-7-8-21-11)12-14(20)18-10-4-2-1-3-9(10)17-12/h1-4,7-8H,5-6H2,(H,16,19)(H,18,20). The van der Waals surface area contributed by atoms with E-state index in [1.165, 1.54) is 11.3 Å². The minimum absolute atomic E-state index is 0.118. The first-order valence-electron chi connectivity index (χ1n) is 6.39. The SMILES string of the molecule is O=C(NCCc1nccs1)c1nc2ccccc2[nH]c1=O. The highest BCUT2D eigenvalue weighted by atomic mass is 32.1. The Labute approximate surface area is 123 Å². The number of nitrogens with one attached hydrogen (secondary N) is 2. The zero-order valence-electron chi connectivity index (χ0n) is 11.0. The number of H-pyrrole nitrogens is 1. The van der Waals surface area contributed by atoms with Crippen LogP contribution >= 0.6 is 11.3 Å². The summed E-state index contributed by atoms with van der Waals surface area (Å²) in [5.41, 5.74) is 0.595. The van der Waals surface area contributed by atoms with Crippen LogP contribution in [0.1, 0.15) is 15.5 Å². The van der Waals surface area contributed by atoms with Gasteiger partial charge in [0.05, 0.1) is 16.0 Å². The van der Waals surface area contributed by atoms with E-state index in [2.05, 4.69) is 20.3 Å². The molecule has 6 nitrogen and oxygen atoms in total. The van der Waals surface area contributed by atoms with Crippen LogP contribution in [0.5, 0.6) is 0 Å². The third kappa shape index (κ3) is 2.97. The van der Waals surface area contributed by atoms with Crippen molar-refractivity contribution in [2.75, 3.05) is 6.54 Å². The second-order valence-corrected chi connectivity index (χ2v) is 5.34. The van der Waals surface area contributed by atoms with E-state index < -0.39 is 11.5 Å². The van der Waals surface area contributed by atoms with Crippen LogP contribution in [0, 0.1) is 0 Å². The van der Waals surface area contributed by atoms with Crippen LogP contribution in [0.4, 0.5) is 0 Å². The molecule has 1 aromatic carbocycles. The first kappa shape index (κ1) is 13.4. The molecular formula is C14H12N4O2S. The molecule has 7 heteroatoms. The fourth-order valence-electron chi connectivity index (χ4n) is 1.93. The van der Waals surface area contributed by atoms with Crippen molar-refractivity contribution < 1.29 is 4.79 Å². The Morgan fingerprint density at radius 1 is 1.33 bits per heavy atom. The molecule has 3 aromatic rings. The Morgan fingerprint density at radius 2 is 2.19 bits per heavy atom. The summed E-state index contributed by atoms with van der Waals surface area (Å²) in [6, 6.07) is 7.09. The number of rotatable bonds is 4. The van der Waals surface area contributed by atoms with Crippen LogP contribution in [-0.4, -0.2) is 27.4 Å². The summed E-state index contributed by atoms with van der Waals surface area (Å²) >= 11 is 1.53. The average molecular weight is 300 g/mol. The van der Waals surface area contributed by atoms with Crippen molar-refractivity contribution in [3.05, 3.63) is 56.9 Å². The van der Waals surface area contributed by atoms with Crippen molar-refractivity contribution in [1.82, 2.24) is 20.3 Å². The fraction of sp³-hybridized carbons (Fsp3) is 0.143. The van der Waals surface area contributed by atoms with E-state index in [4.69, 9.17) is 0 Å². The van der Waals surface area contributed by atoms with E-state index in [0.29, 0.717) is 24.0 Å². The second kappa shape index (κ2) is 5.84. The number of thiazole rings is 1. The molecule has 3 rings (SSSR count). The number of carbonyl (C=O) groups is 1. The molecule has 1 amide bonds. The number of amides is 1. The Morgan fingerprint density at radius 3 is 3.00 bits per heavy atom. The van der Waals surface area contributed by atoms with Crippen molar-refractivity contribution in [2.24, 2.45) is 0 Å².